The average Bonchev–Trinajstić information content (AvgIpc) is 1.61. The Balaban J connectivity index is 2.34. The topological polar surface area (TPSA) is 0 Å². The summed E-state index contributed by atoms with van der Waals surface area (Å²) in [4.78, 5) is 0. The summed E-state index contributed by atoms with van der Waals surface area (Å²) >= 11 is 0. The van der Waals surface area contributed by atoms with Crippen LogP contribution in [0.3, 0.4) is 0 Å². The monoisotopic (exact) mass is 70.1 g/mol. The first kappa shape index (κ1) is 3.26. The van der Waals surface area contributed by atoms with Crippen molar-refractivity contribution in [3.63, 3.8) is 0 Å². The van der Waals surface area contributed by atoms with Gasteiger partial charge in [-0.25, -0.2) is 0 Å². The molecule has 0 rings (SSSR count). The van der Waals surface area contributed by atoms with Crippen LogP contribution in [0, 0.1) is 0 Å². The quantitative estimate of drug-likeness (QED) is 0.344. The second-order valence-corrected chi connectivity index (χ2v) is 1.14. The van der Waals surface area contributed by atoms with Crippen LogP contribution in [0.25, 0.3) is 0 Å². The molecule has 0 saturated carbocycles. The fourth-order valence-electron chi connectivity index (χ4n) is 0.204. The third-order valence-electron chi connectivity index (χ3n) is 0.558. The van der Waals surface area contributed by atoms with Gasteiger partial charge in [-0.2, -0.15) is 0 Å². The van der Waals surface area contributed by atoms with Crippen molar-refractivity contribution in [2.24, 2.45) is 0 Å². The van der Waals surface area contributed by atoms with Gasteiger partial charge < -0.3 is 0 Å². The lowest BCUT2D eigenvalue weighted by Crippen LogP contribution is -1.63. The van der Waals surface area contributed by atoms with Gasteiger partial charge in [-0.3, -0.25) is 0 Å². The maximum atomic E-state index is 6.58. The van der Waals surface area contributed by atoms with Crippen LogP contribution in [0.1, 0.15) is 19.8 Å². The van der Waals surface area contributed by atoms with E-state index in [0.717, 1.165) is 6.32 Å². The lowest BCUT2D eigenvalue weighted by atomic mass is 10.0. The molecule has 0 heterocycles. The molecule has 0 nitrogen and oxygen atoms in total. The zero-order valence-electron chi connectivity index (χ0n) is 4.70. The van der Waals surface area contributed by atoms with Crippen molar-refractivity contribution < 1.29 is 0 Å². The first-order chi connectivity index (χ1) is 2.91. The van der Waals surface area contributed by atoms with E-state index >= 15 is 0 Å². The largest absolute Gasteiger partial charge is 0.0865 e. The van der Waals surface area contributed by atoms with Crippen molar-refractivity contribution in [1.29, 1.82) is 1.34 Å². The summed E-state index contributed by atoms with van der Waals surface area (Å²) < 4.78 is 6.58. The van der Waals surface area contributed by atoms with E-state index in [1.807, 2.05) is 0 Å². The molecule has 1 radical (unpaired) electrons. The molecule has 0 aromatic rings. The van der Waals surface area contributed by atoms with E-state index in [-0.39, 0.29) is 0 Å². The summed E-state index contributed by atoms with van der Waals surface area (Å²) in [6.45, 7) is 2.13. The summed E-state index contributed by atoms with van der Waals surface area (Å²) in [6, 6.07) is 0. The van der Waals surface area contributed by atoms with Crippen molar-refractivity contribution >= 4 is 7.81 Å². The molecule has 0 fully saturated rings. The van der Waals surface area contributed by atoms with Gasteiger partial charge in [0.05, 0.1) is 7.81 Å². The van der Waals surface area contributed by atoms with Crippen molar-refractivity contribution in [2.75, 3.05) is 0 Å². The third kappa shape index (κ3) is 4.06. The van der Waals surface area contributed by atoms with Crippen molar-refractivity contribution in [1.82, 2.24) is 0 Å². The number of rotatable bonds is 3. The van der Waals surface area contributed by atoms with Crippen LogP contribution in [-0.2, 0) is 0 Å². The Kier molecular flexibility index (Phi) is 2.65. The molecule has 0 aliphatic heterocycles. The zero-order chi connectivity index (χ0) is 4.83. The Labute approximate surface area is 36.3 Å². The highest BCUT2D eigenvalue weighted by molar-refractivity contribution is 6.08. The summed E-state index contributed by atoms with van der Waals surface area (Å²) in [5.41, 5.74) is 0. The molecule has 0 atom stereocenters. The first-order valence-corrected chi connectivity index (χ1v) is 2.12. The smallest absolute Gasteiger partial charge is 0.0846 e. The molecule has 0 spiro atoms. The van der Waals surface area contributed by atoms with E-state index < -0.39 is 0 Å². The lowest BCUT2D eigenvalue weighted by molar-refractivity contribution is 0.884. The Hall–Kier alpha value is 0.0649. The summed E-state index contributed by atoms with van der Waals surface area (Å²) in [5.74, 6) is 0. The van der Waals surface area contributed by atoms with Crippen molar-refractivity contribution in [2.45, 2.75) is 26.1 Å². The maximum Gasteiger partial charge on any atom is 0.0865 e. The SMILES string of the molecule is [2H][B]CCCC. The molecule has 0 aliphatic carbocycles. The molecule has 5 heavy (non-hydrogen) atoms. The number of hydrogen-bond acceptors (Lipinski definition) is 0. The van der Waals surface area contributed by atoms with Gasteiger partial charge in [-0.15, -0.1) is 0 Å². The minimum atomic E-state index is 0.955. The van der Waals surface area contributed by atoms with Crippen molar-refractivity contribution in [3.05, 3.63) is 0 Å². The Morgan fingerprint density at radius 3 is 3.00 bits per heavy atom. The molecule has 0 amide bonds. The zero-order valence-corrected chi connectivity index (χ0v) is 3.70. The van der Waals surface area contributed by atoms with Crippen molar-refractivity contribution in [3.8, 4) is 0 Å². The molecule has 0 bridgehead atoms. The fourth-order valence-corrected chi connectivity index (χ4v) is 0.204. The van der Waals surface area contributed by atoms with Gasteiger partial charge in [-0.1, -0.05) is 26.1 Å². The molecular weight excluding hydrogens is 58.9 g/mol. The van der Waals surface area contributed by atoms with Crippen LogP contribution in [0.15, 0.2) is 0 Å². The molecule has 29 valence electrons. The van der Waals surface area contributed by atoms with E-state index in [9.17, 15) is 0 Å². The highest BCUT2D eigenvalue weighted by Gasteiger charge is 1.68. The Morgan fingerprint density at radius 2 is 2.80 bits per heavy atom. The van der Waals surface area contributed by atoms with Crippen LogP contribution in [-0.4, -0.2) is 9.15 Å². The molecule has 1 heteroatoms. The van der Waals surface area contributed by atoms with Gasteiger partial charge in [0.25, 0.3) is 0 Å². The lowest BCUT2D eigenvalue weighted by Gasteiger charge is -1.79. The standard InChI is InChI=1S/C4H10B/c1-2-3-4-5/h5H,2-4H2,1H3/i5D. The molecule has 0 N–H and O–H groups in total. The third-order valence-corrected chi connectivity index (χ3v) is 0.558. The molecule has 0 unspecified atom stereocenters. The highest BCUT2D eigenvalue weighted by atomic mass is 13.7. The predicted octanol–water partition coefficient (Wildman–Crippen LogP) is 1.11. The van der Waals surface area contributed by atoms with Gasteiger partial charge in [0.15, 0.2) is 0 Å². The van der Waals surface area contributed by atoms with E-state index in [1.54, 1.807) is 0 Å². The minimum Gasteiger partial charge on any atom is -0.0846 e. The summed E-state index contributed by atoms with van der Waals surface area (Å²) in [6.07, 6.45) is 3.33. The second kappa shape index (κ2) is 4.06. The minimum absolute atomic E-state index is 0.955. The van der Waals surface area contributed by atoms with Gasteiger partial charge in [0.2, 0.25) is 0 Å². The molecular formula is C4H10B. The molecule has 0 aromatic heterocycles. The normalized spacial score (nSPS) is 10.2. The van der Waals surface area contributed by atoms with Crippen LogP contribution < -0.4 is 0 Å². The predicted molar refractivity (Wildman–Crippen MR) is 26.9 cm³/mol. The van der Waals surface area contributed by atoms with E-state index in [1.165, 1.54) is 20.7 Å². The number of unbranched alkanes of at least 4 members (excludes halogenated alkanes) is 1. The highest BCUT2D eigenvalue weighted by Crippen LogP contribution is 1.86. The Morgan fingerprint density at radius 1 is 2.00 bits per heavy atom. The van der Waals surface area contributed by atoms with Crippen LogP contribution in [0.4, 0.5) is 0 Å². The maximum absolute atomic E-state index is 6.58. The molecule has 0 aliphatic rings. The average molecular weight is 69.9 g/mol. The Bertz CT molecular complexity index is 19.5. The number of hydrogen-bond donors (Lipinski definition) is 0. The second-order valence-electron chi connectivity index (χ2n) is 1.14. The first-order valence-electron chi connectivity index (χ1n) is 2.69. The molecule has 0 aromatic carbocycles. The van der Waals surface area contributed by atoms with E-state index in [4.69, 9.17) is 1.34 Å². The van der Waals surface area contributed by atoms with Gasteiger partial charge in [0, 0.05) is 0 Å². The van der Waals surface area contributed by atoms with Gasteiger partial charge in [0.1, 0.15) is 0 Å². The van der Waals surface area contributed by atoms with Gasteiger partial charge >= 0.3 is 0 Å². The summed E-state index contributed by atoms with van der Waals surface area (Å²) in [7, 11) is 1.46. The summed E-state index contributed by atoms with van der Waals surface area (Å²) in [5, 5.41) is 0. The van der Waals surface area contributed by atoms with Gasteiger partial charge in [-0.05, 0) is 1.34 Å². The van der Waals surface area contributed by atoms with E-state index in [2.05, 4.69) is 6.92 Å². The van der Waals surface area contributed by atoms with Crippen LogP contribution >= 0.6 is 0 Å². The van der Waals surface area contributed by atoms with Crippen LogP contribution in [0.5, 0.6) is 0 Å². The fraction of sp³-hybridized carbons (Fsp3) is 1.00. The molecule has 0 saturated heterocycles. The van der Waals surface area contributed by atoms with E-state index in [0.29, 0.717) is 0 Å². The van der Waals surface area contributed by atoms with Crippen LogP contribution in [0.2, 0.25) is 6.32 Å².